The molecule has 96 valence electrons. The molecule has 1 rings (SSSR count). The fourth-order valence-corrected chi connectivity index (χ4v) is 2.47. The van der Waals surface area contributed by atoms with E-state index in [0.717, 1.165) is 17.7 Å². The third-order valence-corrected chi connectivity index (χ3v) is 3.93. The zero-order valence-corrected chi connectivity index (χ0v) is 12.2. The third-order valence-electron chi connectivity index (χ3n) is 2.58. The number of thioether (sulfide) groups is 1. The molecule has 0 aliphatic heterocycles. The van der Waals surface area contributed by atoms with Gasteiger partial charge in [-0.3, -0.25) is 0 Å². The van der Waals surface area contributed by atoms with E-state index in [0.29, 0.717) is 0 Å². The van der Waals surface area contributed by atoms with Gasteiger partial charge in [0.1, 0.15) is 0 Å². The molecule has 0 saturated heterocycles. The van der Waals surface area contributed by atoms with Crippen LogP contribution in [0.5, 0.6) is 0 Å². The first-order valence-corrected chi connectivity index (χ1v) is 7.32. The SMILES string of the molecule is CCCc1ccc(C(O)CSC(C)(C)C)cc1. The van der Waals surface area contributed by atoms with Crippen LogP contribution in [-0.2, 0) is 6.42 Å². The maximum atomic E-state index is 10.1. The Morgan fingerprint density at radius 2 is 1.76 bits per heavy atom. The number of aliphatic hydroxyl groups is 1. The normalized spacial score (nSPS) is 13.7. The van der Waals surface area contributed by atoms with Gasteiger partial charge in [-0.1, -0.05) is 58.4 Å². The molecule has 1 N–H and O–H groups in total. The molecule has 0 spiro atoms. The molecular formula is C15H24OS. The summed E-state index contributed by atoms with van der Waals surface area (Å²) in [6.45, 7) is 8.71. The Morgan fingerprint density at radius 1 is 1.18 bits per heavy atom. The molecule has 0 amide bonds. The lowest BCUT2D eigenvalue weighted by molar-refractivity contribution is 0.204. The highest BCUT2D eigenvalue weighted by molar-refractivity contribution is 8.00. The summed E-state index contributed by atoms with van der Waals surface area (Å²) in [6.07, 6.45) is 1.93. The molecule has 0 aliphatic rings. The monoisotopic (exact) mass is 252 g/mol. The Hall–Kier alpha value is -0.470. The van der Waals surface area contributed by atoms with Crippen LogP contribution < -0.4 is 0 Å². The molecule has 0 saturated carbocycles. The molecule has 2 heteroatoms. The molecule has 1 nitrogen and oxygen atoms in total. The van der Waals surface area contributed by atoms with Gasteiger partial charge >= 0.3 is 0 Å². The minimum atomic E-state index is -0.352. The zero-order chi connectivity index (χ0) is 12.9. The van der Waals surface area contributed by atoms with Crippen LogP contribution in [0.4, 0.5) is 0 Å². The second kappa shape index (κ2) is 6.46. The fraction of sp³-hybridized carbons (Fsp3) is 0.600. The lowest BCUT2D eigenvalue weighted by Gasteiger charge is -2.20. The Labute approximate surface area is 110 Å². The van der Waals surface area contributed by atoms with Crippen LogP contribution in [0, 0.1) is 0 Å². The summed E-state index contributed by atoms with van der Waals surface area (Å²) in [5.41, 5.74) is 2.38. The van der Waals surface area contributed by atoms with E-state index in [4.69, 9.17) is 0 Å². The highest BCUT2D eigenvalue weighted by atomic mass is 32.2. The first kappa shape index (κ1) is 14.6. The van der Waals surface area contributed by atoms with Gasteiger partial charge in [0.15, 0.2) is 0 Å². The number of aliphatic hydroxyl groups excluding tert-OH is 1. The van der Waals surface area contributed by atoms with Crippen LogP contribution in [0.2, 0.25) is 0 Å². The van der Waals surface area contributed by atoms with Gasteiger partial charge in [-0.2, -0.15) is 11.8 Å². The van der Waals surface area contributed by atoms with Crippen LogP contribution in [0.15, 0.2) is 24.3 Å². The first-order chi connectivity index (χ1) is 7.92. The molecule has 0 bridgehead atoms. The van der Waals surface area contributed by atoms with Crippen molar-refractivity contribution in [2.75, 3.05) is 5.75 Å². The Kier molecular flexibility index (Phi) is 5.54. The van der Waals surface area contributed by atoms with Crippen LogP contribution in [-0.4, -0.2) is 15.6 Å². The van der Waals surface area contributed by atoms with E-state index in [2.05, 4.69) is 52.0 Å². The zero-order valence-electron chi connectivity index (χ0n) is 11.4. The number of hydrogen-bond acceptors (Lipinski definition) is 2. The average molecular weight is 252 g/mol. The fourth-order valence-electron chi connectivity index (χ4n) is 1.62. The van der Waals surface area contributed by atoms with Crippen molar-refractivity contribution >= 4 is 11.8 Å². The van der Waals surface area contributed by atoms with Gasteiger partial charge in [-0.25, -0.2) is 0 Å². The molecule has 1 aromatic rings. The molecule has 1 unspecified atom stereocenters. The van der Waals surface area contributed by atoms with E-state index >= 15 is 0 Å². The van der Waals surface area contributed by atoms with Gasteiger partial charge in [0.25, 0.3) is 0 Å². The van der Waals surface area contributed by atoms with Gasteiger partial charge in [0.05, 0.1) is 6.10 Å². The summed E-state index contributed by atoms with van der Waals surface area (Å²) >= 11 is 1.80. The highest BCUT2D eigenvalue weighted by Crippen LogP contribution is 2.28. The molecule has 1 atom stereocenters. The standard InChI is InChI=1S/C15H24OS/c1-5-6-12-7-9-13(10-8-12)14(16)11-17-15(2,3)4/h7-10,14,16H,5-6,11H2,1-4H3. The topological polar surface area (TPSA) is 20.2 Å². The predicted molar refractivity (Wildman–Crippen MR) is 77.6 cm³/mol. The predicted octanol–water partition coefficient (Wildman–Crippen LogP) is 4.20. The van der Waals surface area contributed by atoms with E-state index in [9.17, 15) is 5.11 Å². The summed E-state index contributed by atoms with van der Waals surface area (Å²) in [7, 11) is 0. The summed E-state index contributed by atoms with van der Waals surface area (Å²) in [4.78, 5) is 0. The maximum absolute atomic E-state index is 10.1. The highest BCUT2D eigenvalue weighted by Gasteiger charge is 2.15. The summed E-state index contributed by atoms with van der Waals surface area (Å²) < 4.78 is 0.211. The van der Waals surface area contributed by atoms with Gasteiger partial charge < -0.3 is 5.11 Å². The maximum Gasteiger partial charge on any atom is 0.0880 e. The van der Waals surface area contributed by atoms with Crippen LogP contribution in [0.25, 0.3) is 0 Å². The van der Waals surface area contributed by atoms with Gasteiger partial charge in [0, 0.05) is 10.5 Å². The Balaban J connectivity index is 2.54. The second-order valence-corrected chi connectivity index (χ2v) is 7.28. The van der Waals surface area contributed by atoms with E-state index in [1.807, 2.05) is 0 Å². The Morgan fingerprint density at radius 3 is 2.24 bits per heavy atom. The second-order valence-electron chi connectivity index (χ2n) is 5.43. The van der Waals surface area contributed by atoms with Crippen molar-refractivity contribution in [3.63, 3.8) is 0 Å². The van der Waals surface area contributed by atoms with Crippen molar-refractivity contribution in [1.29, 1.82) is 0 Å². The molecular weight excluding hydrogens is 228 g/mol. The minimum Gasteiger partial charge on any atom is -0.388 e. The molecule has 0 aromatic heterocycles. The number of hydrogen-bond donors (Lipinski definition) is 1. The summed E-state index contributed by atoms with van der Waals surface area (Å²) in [5.74, 6) is 0.761. The summed E-state index contributed by atoms with van der Waals surface area (Å²) in [5, 5.41) is 10.1. The lowest BCUT2D eigenvalue weighted by atomic mass is 10.1. The molecule has 0 heterocycles. The molecule has 0 radical (unpaired) electrons. The van der Waals surface area contributed by atoms with Crippen molar-refractivity contribution in [3.8, 4) is 0 Å². The molecule has 17 heavy (non-hydrogen) atoms. The van der Waals surface area contributed by atoms with Crippen molar-refractivity contribution in [2.45, 2.75) is 51.4 Å². The van der Waals surface area contributed by atoms with Crippen LogP contribution in [0.3, 0.4) is 0 Å². The van der Waals surface area contributed by atoms with Crippen molar-refractivity contribution < 1.29 is 5.11 Å². The number of aryl methyl sites for hydroxylation is 1. The van der Waals surface area contributed by atoms with Gasteiger partial charge in [0.2, 0.25) is 0 Å². The van der Waals surface area contributed by atoms with Crippen molar-refractivity contribution in [2.24, 2.45) is 0 Å². The summed E-state index contributed by atoms with van der Waals surface area (Å²) in [6, 6.07) is 8.37. The Bertz CT molecular complexity index is 324. The van der Waals surface area contributed by atoms with Crippen molar-refractivity contribution in [3.05, 3.63) is 35.4 Å². The number of benzene rings is 1. The van der Waals surface area contributed by atoms with E-state index in [1.165, 1.54) is 12.0 Å². The molecule has 0 fully saturated rings. The van der Waals surface area contributed by atoms with Crippen LogP contribution in [0.1, 0.15) is 51.3 Å². The molecule has 1 aromatic carbocycles. The largest absolute Gasteiger partial charge is 0.388 e. The minimum absolute atomic E-state index is 0.211. The van der Waals surface area contributed by atoms with E-state index in [1.54, 1.807) is 11.8 Å². The van der Waals surface area contributed by atoms with E-state index < -0.39 is 0 Å². The van der Waals surface area contributed by atoms with E-state index in [-0.39, 0.29) is 10.9 Å². The van der Waals surface area contributed by atoms with Crippen LogP contribution >= 0.6 is 11.8 Å². The quantitative estimate of drug-likeness (QED) is 0.847. The van der Waals surface area contributed by atoms with Gasteiger partial charge in [-0.15, -0.1) is 0 Å². The first-order valence-electron chi connectivity index (χ1n) is 6.33. The third kappa shape index (κ3) is 5.60. The lowest BCUT2D eigenvalue weighted by Crippen LogP contribution is -2.12. The smallest absolute Gasteiger partial charge is 0.0880 e. The van der Waals surface area contributed by atoms with Gasteiger partial charge in [-0.05, 0) is 17.5 Å². The number of rotatable bonds is 5. The molecule has 0 aliphatic carbocycles. The van der Waals surface area contributed by atoms with Crippen molar-refractivity contribution in [1.82, 2.24) is 0 Å². The average Bonchev–Trinajstić information content (AvgIpc) is 2.26.